The smallest absolute Gasteiger partial charge is 0.256 e. The lowest BCUT2D eigenvalue weighted by molar-refractivity contribution is 0.0729. The molecule has 1 aliphatic rings. The molecule has 0 atom stereocenters. The van der Waals surface area contributed by atoms with Gasteiger partial charge in [-0.2, -0.15) is 4.31 Å². The molecule has 1 saturated heterocycles. The van der Waals surface area contributed by atoms with Crippen LogP contribution in [0.15, 0.2) is 47.4 Å². The van der Waals surface area contributed by atoms with Crippen LogP contribution < -0.4 is 4.74 Å². The van der Waals surface area contributed by atoms with Crippen LogP contribution >= 0.6 is 0 Å². The number of para-hydroxylation sites is 1. The molecule has 162 valence electrons. The predicted octanol–water partition coefficient (Wildman–Crippen LogP) is 2.31. The zero-order valence-corrected chi connectivity index (χ0v) is 17.8. The summed E-state index contributed by atoms with van der Waals surface area (Å²) in [5, 5.41) is 0. The number of amides is 1. The average Bonchev–Trinajstić information content (AvgIpc) is 2.75. The number of carbonyl (C=O) groups is 1. The lowest BCUT2D eigenvalue weighted by Gasteiger charge is -2.26. The SMILES string of the molecule is Cc1ccccc1OCCN(C)C(=O)c1cc(S(=O)(=O)N2CCOCC2)ccc1F. The van der Waals surface area contributed by atoms with Crippen LogP contribution in [-0.2, 0) is 14.8 Å². The van der Waals surface area contributed by atoms with Gasteiger partial charge in [-0.3, -0.25) is 4.79 Å². The van der Waals surface area contributed by atoms with E-state index in [-0.39, 0.29) is 36.7 Å². The van der Waals surface area contributed by atoms with Crippen LogP contribution in [0.4, 0.5) is 4.39 Å². The number of hydrogen-bond acceptors (Lipinski definition) is 5. The predicted molar refractivity (Wildman–Crippen MR) is 110 cm³/mol. The summed E-state index contributed by atoms with van der Waals surface area (Å²) >= 11 is 0. The van der Waals surface area contributed by atoms with Crippen molar-refractivity contribution in [3.63, 3.8) is 0 Å². The Morgan fingerprint density at radius 3 is 2.60 bits per heavy atom. The Bertz CT molecular complexity index is 1010. The maximum Gasteiger partial charge on any atom is 0.256 e. The Labute approximate surface area is 176 Å². The average molecular weight is 437 g/mol. The van der Waals surface area contributed by atoms with Crippen LogP contribution in [-0.4, -0.2) is 70.0 Å². The van der Waals surface area contributed by atoms with Gasteiger partial charge in [0.05, 0.1) is 30.2 Å². The third-order valence-electron chi connectivity index (χ3n) is 4.90. The molecule has 30 heavy (non-hydrogen) atoms. The summed E-state index contributed by atoms with van der Waals surface area (Å²) in [5.74, 6) is -0.671. The number of sulfonamides is 1. The van der Waals surface area contributed by atoms with Gasteiger partial charge in [-0.05, 0) is 36.8 Å². The topological polar surface area (TPSA) is 76.2 Å². The van der Waals surface area contributed by atoms with E-state index in [1.807, 2.05) is 31.2 Å². The molecule has 0 aromatic heterocycles. The second-order valence-electron chi connectivity index (χ2n) is 7.00. The van der Waals surface area contributed by atoms with Gasteiger partial charge in [0.2, 0.25) is 10.0 Å². The molecule has 1 aliphatic heterocycles. The number of benzene rings is 2. The van der Waals surface area contributed by atoms with Gasteiger partial charge in [0.1, 0.15) is 18.2 Å². The maximum atomic E-state index is 14.3. The fourth-order valence-corrected chi connectivity index (χ4v) is 4.52. The lowest BCUT2D eigenvalue weighted by Crippen LogP contribution is -2.40. The first-order valence-electron chi connectivity index (χ1n) is 9.62. The van der Waals surface area contributed by atoms with Crippen LogP contribution in [0.5, 0.6) is 5.75 Å². The van der Waals surface area contributed by atoms with E-state index < -0.39 is 21.7 Å². The van der Waals surface area contributed by atoms with E-state index in [9.17, 15) is 17.6 Å². The normalized spacial score (nSPS) is 15.0. The Morgan fingerprint density at radius 2 is 1.90 bits per heavy atom. The van der Waals surface area contributed by atoms with Crippen molar-refractivity contribution in [1.29, 1.82) is 0 Å². The van der Waals surface area contributed by atoms with Gasteiger partial charge >= 0.3 is 0 Å². The molecule has 0 radical (unpaired) electrons. The van der Waals surface area contributed by atoms with Gasteiger partial charge in [0.25, 0.3) is 5.91 Å². The molecule has 0 unspecified atom stereocenters. The fraction of sp³-hybridized carbons (Fsp3) is 0.381. The third kappa shape index (κ3) is 4.97. The number of rotatable bonds is 7. The van der Waals surface area contributed by atoms with E-state index in [1.165, 1.54) is 22.3 Å². The van der Waals surface area contributed by atoms with E-state index in [2.05, 4.69) is 0 Å². The summed E-state index contributed by atoms with van der Waals surface area (Å²) in [6.07, 6.45) is 0. The number of likely N-dealkylation sites (N-methyl/N-ethyl adjacent to an activating group) is 1. The Balaban J connectivity index is 1.70. The Kier molecular flexibility index (Phi) is 7.06. The van der Waals surface area contributed by atoms with Crippen LogP contribution in [0.3, 0.4) is 0 Å². The summed E-state index contributed by atoms with van der Waals surface area (Å²) in [4.78, 5) is 13.9. The van der Waals surface area contributed by atoms with Gasteiger partial charge in [-0.1, -0.05) is 18.2 Å². The molecule has 1 heterocycles. The first-order valence-corrected chi connectivity index (χ1v) is 11.1. The van der Waals surface area contributed by atoms with Crippen molar-refractivity contribution in [2.75, 3.05) is 46.5 Å². The molecule has 0 spiro atoms. The standard InChI is InChI=1S/C21H25FN2O5S/c1-16-5-3-4-6-20(16)29-14-9-23(2)21(25)18-15-17(7-8-19(18)22)30(26,27)24-10-12-28-13-11-24/h3-8,15H,9-14H2,1-2H3. The molecular weight excluding hydrogens is 411 g/mol. The second kappa shape index (κ2) is 9.55. The Morgan fingerprint density at radius 1 is 1.20 bits per heavy atom. The lowest BCUT2D eigenvalue weighted by atomic mass is 10.2. The minimum Gasteiger partial charge on any atom is -0.491 e. The van der Waals surface area contributed by atoms with Gasteiger partial charge in [-0.15, -0.1) is 0 Å². The van der Waals surface area contributed by atoms with Crippen LogP contribution in [0, 0.1) is 12.7 Å². The van der Waals surface area contributed by atoms with Crippen molar-refractivity contribution >= 4 is 15.9 Å². The van der Waals surface area contributed by atoms with Gasteiger partial charge in [-0.25, -0.2) is 12.8 Å². The van der Waals surface area contributed by atoms with E-state index in [1.54, 1.807) is 0 Å². The number of morpholine rings is 1. The largest absolute Gasteiger partial charge is 0.491 e. The zero-order chi connectivity index (χ0) is 21.7. The highest BCUT2D eigenvalue weighted by atomic mass is 32.2. The number of aryl methyl sites for hydroxylation is 1. The summed E-state index contributed by atoms with van der Waals surface area (Å²) in [7, 11) is -2.31. The first-order chi connectivity index (χ1) is 14.3. The molecule has 2 aromatic carbocycles. The van der Waals surface area contributed by atoms with Crippen LogP contribution in [0.25, 0.3) is 0 Å². The number of nitrogens with zero attached hydrogens (tertiary/aromatic N) is 2. The fourth-order valence-electron chi connectivity index (χ4n) is 3.08. The second-order valence-corrected chi connectivity index (χ2v) is 8.94. The van der Waals surface area contributed by atoms with E-state index in [4.69, 9.17) is 9.47 Å². The molecule has 0 N–H and O–H groups in total. The number of halogens is 1. The van der Waals surface area contributed by atoms with Gasteiger partial charge in [0.15, 0.2) is 0 Å². The van der Waals surface area contributed by atoms with Crippen molar-refractivity contribution in [1.82, 2.24) is 9.21 Å². The number of hydrogen-bond donors (Lipinski definition) is 0. The molecule has 1 amide bonds. The highest BCUT2D eigenvalue weighted by Gasteiger charge is 2.28. The summed E-state index contributed by atoms with van der Waals surface area (Å²) in [5.41, 5.74) is 0.682. The third-order valence-corrected chi connectivity index (χ3v) is 6.80. The molecule has 0 saturated carbocycles. The maximum absolute atomic E-state index is 14.3. The summed E-state index contributed by atoms with van der Waals surface area (Å²) in [6, 6.07) is 10.8. The monoisotopic (exact) mass is 436 g/mol. The van der Waals surface area contributed by atoms with Crippen LogP contribution in [0.1, 0.15) is 15.9 Å². The molecule has 7 nitrogen and oxygen atoms in total. The van der Waals surface area contributed by atoms with Gasteiger partial charge < -0.3 is 14.4 Å². The minimum atomic E-state index is -3.83. The highest BCUT2D eigenvalue weighted by Crippen LogP contribution is 2.21. The Hall–Kier alpha value is -2.49. The number of carbonyl (C=O) groups excluding carboxylic acids is 1. The molecule has 9 heteroatoms. The number of ether oxygens (including phenoxy) is 2. The highest BCUT2D eigenvalue weighted by molar-refractivity contribution is 7.89. The minimum absolute atomic E-state index is 0.112. The van der Waals surface area contributed by atoms with Crippen molar-refractivity contribution in [2.24, 2.45) is 0 Å². The summed E-state index contributed by atoms with van der Waals surface area (Å²) < 4.78 is 52.1. The van der Waals surface area contributed by atoms with E-state index in [0.29, 0.717) is 19.0 Å². The van der Waals surface area contributed by atoms with Gasteiger partial charge in [0, 0.05) is 20.1 Å². The molecular formula is C21H25FN2O5S. The first kappa shape index (κ1) is 22.2. The van der Waals surface area contributed by atoms with Crippen molar-refractivity contribution in [3.8, 4) is 5.75 Å². The van der Waals surface area contributed by atoms with Crippen molar-refractivity contribution < 1.29 is 27.1 Å². The van der Waals surface area contributed by atoms with E-state index >= 15 is 0 Å². The van der Waals surface area contributed by atoms with Crippen LogP contribution in [0.2, 0.25) is 0 Å². The zero-order valence-electron chi connectivity index (χ0n) is 17.0. The van der Waals surface area contributed by atoms with E-state index in [0.717, 1.165) is 17.7 Å². The molecule has 3 rings (SSSR count). The van der Waals surface area contributed by atoms with Crippen molar-refractivity contribution in [2.45, 2.75) is 11.8 Å². The molecule has 0 bridgehead atoms. The quantitative estimate of drug-likeness (QED) is 0.666. The van der Waals surface area contributed by atoms with Crippen molar-refractivity contribution in [3.05, 3.63) is 59.4 Å². The molecule has 1 fully saturated rings. The molecule has 2 aromatic rings. The summed E-state index contributed by atoms with van der Waals surface area (Å²) in [6.45, 7) is 3.40. The molecule has 0 aliphatic carbocycles.